The second-order valence-corrected chi connectivity index (χ2v) is 4.60. The summed E-state index contributed by atoms with van der Waals surface area (Å²) in [5.74, 6) is 1.06. The molecular weight excluding hydrogens is 230 g/mol. The highest BCUT2D eigenvalue weighted by Gasteiger charge is 2.11. The van der Waals surface area contributed by atoms with Crippen LogP contribution in [0.3, 0.4) is 0 Å². The van der Waals surface area contributed by atoms with Gasteiger partial charge in [0.25, 0.3) is 5.91 Å². The van der Waals surface area contributed by atoms with Gasteiger partial charge in [0, 0.05) is 18.9 Å². The van der Waals surface area contributed by atoms with Gasteiger partial charge >= 0.3 is 0 Å². The molecule has 1 unspecified atom stereocenters. The number of amides is 1. The molecule has 1 N–H and O–H groups in total. The van der Waals surface area contributed by atoms with Gasteiger partial charge in [-0.05, 0) is 25.0 Å². The van der Waals surface area contributed by atoms with Crippen molar-refractivity contribution in [3.8, 4) is 5.75 Å². The summed E-state index contributed by atoms with van der Waals surface area (Å²) in [5.41, 5.74) is 0.713. The van der Waals surface area contributed by atoms with Gasteiger partial charge in [0.15, 0.2) is 0 Å². The fourth-order valence-corrected chi connectivity index (χ4v) is 1.28. The Morgan fingerprint density at radius 3 is 2.67 bits per heavy atom. The van der Waals surface area contributed by atoms with Gasteiger partial charge in [-0.1, -0.05) is 19.9 Å². The van der Waals surface area contributed by atoms with E-state index in [0.717, 1.165) is 5.75 Å². The van der Waals surface area contributed by atoms with E-state index in [-0.39, 0.29) is 5.91 Å². The Morgan fingerprint density at radius 2 is 2.06 bits per heavy atom. The molecule has 0 bridgehead atoms. The fraction of sp³-hybridized carbons (Fsp3) is 0.500. The number of benzene rings is 1. The lowest BCUT2D eigenvalue weighted by Gasteiger charge is -2.12. The second kappa shape index (κ2) is 7.01. The van der Waals surface area contributed by atoms with E-state index in [1.54, 1.807) is 6.92 Å². The van der Waals surface area contributed by atoms with Crippen molar-refractivity contribution in [2.75, 3.05) is 19.0 Å². The van der Waals surface area contributed by atoms with Crippen LogP contribution in [0.4, 0.5) is 5.69 Å². The van der Waals surface area contributed by atoms with Crippen molar-refractivity contribution < 1.29 is 14.3 Å². The zero-order chi connectivity index (χ0) is 13.5. The minimum atomic E-state index is -0.467. The molecule has 4 heteroatoms. The first-order chi connectivity index (χ1) is 8.52. The Balaban J connectivity index is 2.61. The maximum Gasteiger partial charge on any atom is 0.253 e. The normalized spacial score (nSPS) is 12.3. The number of carbonyl (C=O) groups excluding carboxylic acids is 1. The highest BCUT2D eigenvalue weighted by atomic mass is 16.5. The molecule has 0 aliphatic heterocycles. The van der Waals surface area contributed by atoms with Crippen molar-refractivity contribution in [3.05, 3.63) is 24.3 Å². The van der Waals surface area contributed by atoms with Crippen LogP contribution >= 0.6 is 0 Å². The van der Waals surface area contributed by atoms with Crippen molar-refractivity contribution in [1.29, 1.82) is 0 Å². The van der Waals surface area contributed by atoms with E-state index in [0.29, 0.717) is 18.2 Å². The number of ether oxygens (including phenoxy) is 2. The molecule has 1 atom stereocenters. The molecule has 1 aromatic rings. The Labute approximate surface area is 108 Å². The van der Waals surface area contributed by atoms with Crippen LogP contribution in [0.5, 0.6) is 5.75 Å². The van der Waals surface area contributed by atoms with Gasteiger partial charge in [-0.25, -0.2) is 0 Å². The number of carbonyl (C=O) groups is 1. The Hall–Kier alpha value is -1.55. The lowest BCUT2D eigenvalue weighted by Crippen LogP contribution is -2.26. The van der Waals surface area contributed by atoms with Crippen LogP contribution in [-0.4, -0.2) is 25.7 Å². The number of methoxy groups -OCH3 is 1. The lowest BCUT2D eigenvalue weighted by molar-refractivity contribution is -0.124. The third kappa shape index (κ3) is 4.75. The molecule has 0 saturated carbocycles. The molecule has 0 saturated heterocycles. The van der Waals surface area contributed by atoms with Crippen LogP contribution in [0.1, 0.15) is 20.8 Å². The number of nitrogens with one attached hydrogen (secondary N) is 1. The van der Waals surface area contributed by atoms with Gasteiger partial charge in [-0.2, -0.15) is 0 Å². The van der Waals surface area contributed by atoms with Gasteiger partial charge < -0.3 is 14.8 Å². The van der Waals surface area contributed by atoms with E-state index >= 15 is 0 Å². The predicted molar refractivity (Wildman–Crippen MR) is 71.9 cm³/mol. The van der Waals surface area contributed by atoms with E-state index in [4.69, 9.17) is 9.47 Å². The molecule has 0 aliphatic carbocycles. The molecule has 1 amide bonds. The molecule has 0 fully saturated rings. The summed E-state index contributed by atoms with van der Waals surface area (Å²) in [6, 6.07) is 7.35. The first-order valence-electron chi connectivity index (χ1n) is 6.09. The lowest BCUT2D eigenvalue weighted by atomic mass is 10.2. The standard InChI is InChI=1S/C14H21NO3/c1-10(2)9-18-13-7-5-6-12(8-13)15-14(16)11(3)17-4/h5-8,10-11H,9H2,1-4H3,(H,15,16). The van der Waals surface area contributed by atoms with Crippen molar-refractivity contribution in [1.82, 2.24) is 0 Å². The number of hydrogen-bond donors (Lipinski definition) is 1. The highest BCUT2D eigenvalue weighted by Crippen LogP contribution is 2.18. The van der Waals surface area contributed by atoms with Crippen LogP contribution in [0.25, 0.3) is 0 Å². The van der Waals surface area contributed by atoms with E-state index in [1.807, 2.05) is 24.3 Å². The topological polar surface area (TPSA) is 47.6 Å². The summed E-state index contributed by atoms with van der Waals surface area (Å²) in [7, 11) is 1.51. The summed E-state index contributed by atoms with van der Waals surface area (Å²) in [6.07, 6.45) is -0.467. The quantitative estimate of drug-likeness (QED) is 0.845. The third-order valence-electron chi connectivity index (χ3n) is 2.41. The summed E-state index contributed by atoms with van der Waals surface area (Å²) in [6.45, 7) is 6.54. The first-order valence-corrected chi connectivity index (χ1v) is 6.09. The monoisotopic (exact) mass is 251 g/mol. The summed E-state index contributed by atoms with van der Waals surface area (Å²) in [5, 5.41) is 2.78. The smallest absolute Gasteiger partial charge is 0.253 e. The van der Waals surface area contributed by atoms with Crippen LogP contribution in [0, 0.1) is 5.92 Å². The van der Waals surface area contributed by atoms with Crippen molar-refractivity contribution >= 4 is 11.6 Å². The number of hydrogen-bond acceptors (Lipinski definition) is 3. The molecule has 4 nitrogen and oxygen atoms in total. The Kier molecular flexibility index (Phi) is 5.65. The average molecular weight is 251 g/mol. The third-order valence-corrected chi connectivity index (χ3v) is 2.41. The maximum absolute atomic E-state index is 11.6. The van der Waals surface area contributed by atoms with Crippen molar-refractivity contribution in [3.63, 3.8) is 0 Å². The van der Waals surface area contributed by atoms with Crippen LogP contribution < -0.4 is 10.1 Å². The number of anilines is 1. The molecular formula is C14H21NO3. The van der Waals surface area contributed by atoms with Gasteiger partial charge in [0.1, 0.15) is 11.9 Å². The second-order valence-electron chi connectivity index (χ2n) is 4.60. The van der Waals surface area contributed by atoms with Crippen molar-refractivity contribution in [2.45, 2.75) is 26.9 Å². The Bertz CT molecular complexity index is 390. The molecule has 1 aromatic carbocycles. The zero-order valence-electron chi connectivity index (χ0n) is 11.4. The molecule has 0 radical (unpaired) electrons. The number of rotatable bonds is 6. The summed E-state index contributed by atoms with van der Waals surface area (Å²) >= 11 is 0. The molecule has 0 spiro atoms. The van der Waals surface area contributed by atoms with Crippen molar-refractivity contribution in [2.24, 2.45) is 5.92 Å². The molecule has 0 aromatic heterocycles. The Morgan fingerprint density at radius 1 is 1.33 bits per heavy atom. The van der Waals surface area contributed by atoms with E-state index < -0.39 is 6.10 Å². The largest absolute Gasteiger partial charge is 0.493 e. The predicted octanol–water partition coefficient (Wildman–Crippen LogP) is 2.69. The molecule has 1 rings (SSSR count). The molecule has 0 aliphatic rings. The van der Waals surface area contributed by atoms with Crippen LogP contribution in [-0.2, 0) is 9.53 Å². The molecule has 18 heavy (non-hydrogen) atoms. The van der Waals surface area contributed by atoms with Gasteiger partial charge in [-0.3, -0.25) is 4.79 Å². The van der Waals surface area contributed by atoms with E-state index in [1.165, 1.54) is 7.11 Å². The summed E-state index contributed by atoms with van der Waals surface area (Å²) < 4.78 is 10.5. The van der Waals surface area contributed by atoms with Crippen LogP contribution in [0.2, 0.25) is 0 Å². The maximum atomic E-state index is 11.6. The highest BCUT2D eigenvalue weighted by molar-refractivity contribution is 5.94. The minimum Gasteiger partial charge on any atom is -0.493 e. The molecule has 0 heterocycles. The fourth-order valence-electron chi connectivity index (χ4n) is 1.28. The van der Waals surface area contributed by atoms with Gasteiger partial charge in [-0.15, -0.1) is 0 Å². The van der Waals surface area contributed by atoms with Crippen LogP contribution in [0.15, 0.2) is 24.3 Å². The first kappa shape index (κ1) is 14.5. The average Bonchev–Trinajstić information content (AvgIpc) is 2.35. The van der Waals surface area contributed by atoms with E-state index in [9.17, 15) is 4.79 Å². The molecule has 100 valence electrons. The SMILES string of the molecule is COC(C)C(=O)Nc1cccc(OCC(C)C)c1. The van der Waals surface area contributed by atoms with E-state index in [2.05, 4.69) is 19.2 Å². The van der Waals surface area contributed by atoms with Gasteiger partial charge in [0.2, 0.25) is 0 Å². The summed E-state index contributed by atoms with van der Waals surface area (Å²) in [4.78, 5) is 11.6. The zero-order valence-corrected chi connectivity index (χ0v) is 11.4. The van der Waals surface area contributed by atoms with Gasteiger partial charge in [0.05, 0.1) is 6.61 Å². The minimum absolute atomic E-state index is 0.168.